The predicted octanol–water partition coefficient (Wildman–Crippen LogP) is 2.37. The maximum Gasteiger partial charge on any atom is 0.251 e. The summed E-state index contributed by atoms with van der Waals surface area (Å²) in [6.07, 6.45) is 2.28. The molecule has 3 nitrogen and oxygen atoms in total. The summed E-state index contributed by atoms with van der Waals surface area (Å²) in [5, 5.41) is 2.67. The van der Waals surface area contributed by atoms with Gasteiger partial charge in [-0.2, -0.15) is 0 Å². The normalized spacial score (nSPS) is 15.7. The van der Waals surface area contributed by atoms with E-state index in [0.717, 1.165) is 12.8 Å². The molecule has 18 heavy (non-hydrogen) atoms. The van der Waals surface area contributed by atoms with Crippen molar-refractivity contribution >= 4 is 29.9 Å². The summed E-state index contributed by atoms with van der Waals surface area (Å²) in [6.45, 7) is 0.443. The number of hydrogen-bond acceptors (Lipinski definition) is 2. The van der Waals surface area contributed by atoms with E-state index in [1.165, 1.54) is 18.2 Å². The quantitative estimate of drug-likeness (QED) is 0.895. The van der Waals surface area contributed by atoms with E-state index in [2.05, 4.69) is 5.32 Å². The second-order valence-corrected chi connectivity index (χ2v) is 4.75. The lowest BCUT2D eigenvalue weighted by atomic mass is 10.1. The summed E-state index contributed by atoms with van der Waals surface area (Å²) in [5.41, 5.74) is 6.21. The fourth-order valence-electron chi connectivity index (χ4n) is 1.64. The van der Waals surface area contributed by atoms with Crippen molar-refractivity contribution in [2.75, 3.05) is 6.54 Å². The molecule has 3 N–H and O–H groups in total. The standard InChI is InChI=1S/C12H14ClFN2O.ClH/c13-9-5-8(3-4-10(9)14)12(17)16-6-11(15)7-1-2-7;/h3-5,7,11H,1-2,6,15H2,(H,16,17);1H. The summed E-state index contributed by atoms with van der Waals surface area (Å²) < 4.78 is 12.9. The van der Waals surface area contributed by atoms with Gasteiger partial charge in [0.1, 0.15) is 5.82 Å². The Morgan fingerprint density at radius 1 is 1.56 bits per heavy atom. The van der Waals surface area contributed by atoms with Gasteiger partial charge in [0.25, 0.3) is 5.91 Å². The molecule has 1 fully saturated rings. The van der Waals surface area contributed by atoms with Gasteiger partial charge in [-0.05, 0) is 37.0 Å². The molecule has 0 aromatic heterocycles. The Bertz CT molecular complexity index is 438. The Labute approximate surface area is 116 Å². The van der Waals surface area contributed by atoms with Gasteiger partial charge >= 0.3 is 0 Å². The largest absolute Gasteiger partial charge is 0.350 e. The number of nitrogens with two attached hydrogens (primary N) is 1. The van der Waals surface area contributed by atoms with Gasteiger partial charge in [-0.3, -0.25) is 4.79 Å². The van der Waals surface area contributed by atoms with Crippen molar-refractivity contribution in [1.29, 1.82) is 0 Å². The number of carbonyl (C=O) groups is 1. The van der Waals surface area contributed by atoms with Crippen LogP contribution in [0.4, 0.5) is 4.39 Å². The molecule has 0 radical (unpaired) electrons. The molecule has 100 valence electrons. The van der Waals surface area contributed by atoms with E-state index >= 15 is 0 Å². The number of hydrogen-bond donors (Lipinski definition) is 2. The zero-order chi connectivity index (χ0) is 12.4. The molecule has 0 aliphatic heterocycles. The van der Waals surface area contributed by atoms with E-state index in [4.69, 9.17) is 17.3 Å². The van der Waals surface area contributed by atoms with Crippen molar-refractivity contribution in [2.45, 2.75) is 18.9 Å². The van der Waals surface area contributed by atoms with E-state index in [9.17, 15) is 9.18 Å². The Morgan fingerprint density at radius 2 is 2.22 bits per heavy atom. The molecule has 6 heteroatoms. The number of carbonyl (C=O) groups excluding carboxylic acids is 1. The van der Waals surface area contributed by atoms with Crippen LogP contribution < -0.4 is 11.1 Å². The lowest BCUT2D eigenvalue weighted by Gasteiger charge is -2.11. The van der Waals surface area contributed by atoms with Gasteiger partial charge in [0, 0.05) is 18.2 Å². The Kier molecular flexibility index (Phi) is 5.38. The molecule has 0 heterocycles. The summed E-state index contributed by atoms with van der Waals surface area (Å²) >= 11 is 5.60. The van der Waals surface area contributed by atoms with Crippen LogP contribution in [0.5, 0.6) is 0 Å². The van der Waals surface area contributed by atoms with Gasteiger partial charge in [-0.15, -0.1) is 12.4 Å². The SMILES string of the molecule is Cl.NC(CNC(=O)c1ccc(F)c(Cl)c1)C1CC1. The number of amides is 1. The highest BCUT2D eigenvalue weighted by atomic mass is 35.5. The second kappa shape index (κ2) is 6.36. The molecule has 1 aromatic carbocycles. The van der Waals surface area contributed by atoms with Gasteiger partial charge in [0.15, 0.2) is 0 Å². The maximum atomic E-state index is 12.9. The first-order valence-corrected chi connectivity index (χ1v) is 5.94. The first-order chi connectivity index (χ1) is 8.08. The second-order valence-electron chi connectivity index (χ2n) is 4.34. The highest BCUT2D eigenvalue weighted by Crippen LogP contribution is 2.31. The van der Waals surface area contributed by atoms with Crippen LogP contribution in [-0.4, -0.2) is 18.5 Å². The summed E-state index contributed by atoms with van der Waals surface area (Å²) in [4.78, 5) is 11.7. The Balaban J connectivity index is 0.00000162. The maximum absolute atomic E-state index is 12.9. The highest BCUT2D eigenvalue weighted by Gasteiger charge is 2.28. The zero-order valence-corrected chi connectivity index (χ0v) is 11.2. The van der Waals surface area contributed by atoms with Crippen molar-refractivity contribution in [3.05, 3.63) is 34.6 Å². The van der Waals surface area contributed by atoms with Crippen LogP contribution in [0.1, 0.15) is 23.2 Å². The molecule has 0 spiro atoms. The highest BCUT2D eigenvalue weighted by molar-refractivity contribution is 6.31. The average Bonchev–Trinajstić information content (AvgIpc) is 3.13. The fraction of sp³-hybridized carbons (Fsp3) is 0.417. The van der Waals surface area contributed by atoms with Crippen LogP contribution in [0, 0.1) is 11.7 Å². The molecule has 1 aromatic rings. The van der Waals surface area contributed by atoms with Crippen LogP contribution in [0.2, 0.25) is 5.02 Å². The van der Waals surface area contributed by atoms with E-state index in [1.54, 1.807) is 0 Å². The molecular formula is C12H15Cl2FN2O. The topological polar surface area (TPSA) is 55.1 Å². The van der Waals surface area contributed by atoms with Gasteiger partial charge in [-0.25, -0.2) is 4.39 Å². The van der Waals surface area contributed by atoms with Crippen LogP contribution in [-0.2, 0) is 0 Å². The summed E-state index contributed by atoms with van der Waals surface area (Å²) in [6, 6.07) is 3.90. The summed E-state index contributed by atoms with van der Waals surface area (Å²) in [7, 11) is 0. The van der Waals surface area contributed by atoms with Gasteiger partial charge < -0.3 is 11.1 Å². The van der Waals surface area contributed by atoms with Crippen LogP contribution in [0.15, 0.2) is 18.2 Å². The summed E-state index contributed by atoms with van der Waals surface area (Å²) in [5.74, 6) is -0.270. The van der Waals surface area contributed by atoms with Gasteiger partial charge in [0.05, 0.1) is 5.02 Å². The minimum Gasteiger partial charge on any atom is -0.350 e. The Hall–Kier alpha value is -0.840. The Morgan fingerprint density at radius 3 is 2.78 bits per heavy atom. The molecular weight excluding hydrogens is 278 g/mol. The third-order valence-electron chi connectivity index (χ3n) is 2.91. The van der Waals surface area contributed by atoms with Gasteiger partial charge in [0.2, 0.25) is 0 Å². The van der Waals surface area contributed by atoms with E-state index < -0.39 is 5.82 Å². The predicted molar refractivity (Wildman–Crippen MR) is 71.7 cm³/mol. The minimum atomic E-state index is -0.530. The van der Waals surface area contributed by atoms with Crippen molar-refractivity contribution in [3.63, 3.8) is 0 Å². The smallest absolute Gasteiger partial charge is 0.251 e. The molecule has 1 unspecified atom stereocenters. The molecule has 0 bridgehead atoms. The third-order valence-corrected chi connectivity index (χ3v) is 3.20. The molecule has 1 amide bonds. The van der Waals surface area contributed by atoms with Crippen molar-refractivity contribution in [1.82, 2.24) is 5.32 Å². The number of rotatable bonds is 4. The minimum absolute atomic E-state index is 0. The third kappa shape index (κ3) is 3.83. The van der Waals surface area contributed by atoms with Crippen LogP contribution in [0.3, 0.4) is 0 Å². The van der Waals surface area contributed by atoms with Crippen molar-refractivity contribution in [2.24, 2.45) is 11.7 Å². The number of halogens is 3. The monoisotopic (exact) mass is 292 g/mol. The average molecular weight is 293 g/mol. The molecule has 2 rings (SSSR count). The first-order valence-electron chi connectivity index (χ1n) is 5.57. The van der Waals surface area contributed by atoms with E-state index in [1.807, 2.05) is 0 Å². The number of benzene rings is 1. The molecule has 1 aliphatic rings. The van der Waals surface area contributed by atoms with E-state index in [-0.39, 0.29) is 29.4 Å². The number of nitrogens with one attached hydrogen (secondary N) is 1. The first kappa shape index (κ1) is 15.2. The molecule has 1 atom stereocenters. The van der Waals surface area contributed by atoms with Gasteiger partial charge in [-0.1, -0.05) is 11.6 Å². The lowest BCUT2D eigenvalue weighted by Crippen LogP contribution is -2.38. The molecule has 1 saturated carbocycles. The van der Waals surface area contributed by atoms with Crippen molar-refractivity contribution in [3.8, 4) is 0 Å². The molecule has 0 saturated heterocycles. The lowest BCUT2D eigenvalue weighted by molar-refractivity contribution is 0.0950. The van der Waals surface area contributed by atoms with E-state index in [0.29, 0.717) is 18.0 Å². The van der Waals surface area contributed by atoms with Crippen LogP contribution in [0.25, 0.3) is 0 Å². The fourth-order valence-corrected chi connectivity index (χ4v) is 1.82. The molecule has 1 aliphatic carbocycles. The zero-order valence-electron chi connectivity index (χ0n) is 9.66. The van der Waals surface area contributed by atoms with Crippen LogP contribution >= 0.6 is 24.0 Å². The van der Waals surface area contributed by atoms with Crippen molar-refractivity contribution < 1.29 is 9.18 Å².